The van der Waals surface area contributed by atoms with E-state index in [1.165, 1.54) is 17.8 Å². The highest BCUT2D eigenvalue weighted by Gasteiger charge is 2.23. The van der Waals surface area contributed by atoms with E-state index < -0.39 is 5.97 Å². The molecule has 0 aromatic carbocycles. The lowest BCUT2D eigenvalue weighted by Gasteiger charge is -2.29. The molecule has 1 atom stereocenters. The van der Waals surface area contributed by atoms with Gasteiger partial charge in [0.05, 0.1) is 6.61 Å². The van der Waals surface area contributed by atoms with Crippen LogP contribution in [0.3, 0.4) is 0 Å². The molecule has 7 heteroatoms. The number of amides is 1. The molecule has 2 rings (SSSR count). The number of hydrogen-bond acceptors (Lipinski definition) is 6. The molecule has 1 N–H and O–H groups in total. The summed E-state index contributed by atoms with van der Waals surface area (Å²) in [6.45, 7) is 5.56. The third kappa shape index (κ3) is 4.17. The van der Waals surface area contributed by atoms with Crippen molar-refractivity contribution in [2.24, 2.45) is 0 Å². The number of carbonyl (C=O) groups excluding carboxylic acids is 2. The Balaban J connectivity index is 1.91. The van der Waals surface area contributed by atoms with Crippen molar-refractivity contribution in [2.75, 3.05) is 25.0 Å². The topological polar surface area (TPSA) is 71.5 Å². The Kier molecular flexibility index (Phi) is 5.55. The molecule has 1 aliphatic heterocycles. The van der Waals surface area contributed by atoms with E-state index in [1.54, 1.807) is 12.3 Å². The third-order valence-corrected chi connectivity index (χ3v) is 4.14. The first-order valence-corrected chi connectivity index (χ1v) is 8.17. The molecule has 1 aromatic heterocycles. The van der Waals surface area contributed by atoms with Crippen molar-refractivity contribution >= 4 is 28.3 Å². The average molecular weight is 311 g/mol. The van der Waals surface area contributed by atoms with E-state index in [9.17, 15) is 9.59 Å². The summed E-state index contributed by atoms with van der Waals surface area (Å²) in [6.07, 6.45) is 3.34. The molecule has 21 heavy (non-hydrogen) atoms. The van der Waals surface area contributed by atoms with Crippen molar-refractivity contribution in [2.45, 2.75) is 39.2 Å². The van der Waals surface area contributed by atoms with E-state index in [-0.39, 0.29) is 17.6 Å². The van der Waals surface area contributed by atoms with Crippen LogP contribution in [0.2, 0.25) is 0 Å². The normalized spacial score (nSPS) is 16.4. The number of nitrogens with one attached hydrogen (secondary N) is 1. The van der Waals surface area contributed by atoms with Crippen LogP contribution in [0.5, 0.6) is 0 Å². The number of ether oxygens (including phenoxy) is 1. The lowest BCUT2D eigenvalue weighted by Crippen LogP contribution is -2.43. The van der Waals surface area contributed by atoms with Crippen LogP contribution in [0.25, 0.3) is 0 Å². The highest BCUT2D eigenvalue weighted by molar-refractivity contribution is 7.13. The lowest BCUT2D eigenvalue weighted by atomic mass is 10.1. The second-order valence-corrected chi connectivity index (χ2v) is 5.87. The summed E-state index contributed by atoms with van der Waals surface area (Å²) < 4.78 is 4.89. The Morgan fingerprint density at radius 2 is 2.14 bits per heavy atom. The number of thiazole rings is 1. The fourth-order valence-corrected chi connectivity index (χ4v) is 3.04. The van der Waals surface area contributed by atoms with Gasteiger partial charge in [-0.3, -0.25) is 4.79 Å². The summed E-state index contributed by atoms with van der Waals surface area (Å²) in [5, 5.41) is 5.27. The van der Waals surface area contributed by atoms with Crippen molar-refractivity contribution in [3.8, 4) is 0 Å². The highest BCUT2D eigenvalue weighted by atomic mass is 32.1. The fraction of sp³-hybridized carbons (Fsp3) is 0.643. The number of rotatable bonds is 5. The Morgan fingerprint density at radius 3 is 2.81 bits per heavy atom. The molecule has 116 valence electrons. The predicted molar refractivity (Wildman–Crippen MR) is 81.6 cm³/mol. The summed E-state index contributed by atoms with van der Waals surface area (Å²) in [6, 6.07) is -0.343. The maximum absolute atomic E-state index is 12.3. The molecule has 6 nitrogen and oxygen atoms in total. The number of hydrogen-bond donors (Lipinski definition) is 1. The fourth-order valence-electron chi connectivity index (χ4n) is 2.27. The minimum absolute atomic E-state index is 0.0857. The SMILES string of the molecule is CCOC(=O)c1csc(NC(C)C(=O)N2CCCCC2)n1. The minimum Gasteiger partial charge on any atom is -0.461 e. The van der Waals surface area contributed by atoms with Crippen LogP contribution in [0.15, 0.2) is 5.38 Å². The van der Waals surface area contributed by atoms with Crippen molar-refractivity contribution in [1.82, 2.24) is 9.88 Å². The molecule has 0 spiro atoms. The summed E-state index contributed by atoms with van der Waals surface area (Å²) in [4.78, 5) is 29.9. The monoisotopic (exact) mass is 311 g/mol. The summed E-state index contributed by atoms with van der Waals surface area (Å²) in [5.74, 6) is -0.348. The van der Waals surface area contributed by atoms with Crippen molar-refractivity contribution in [3.63, 3.8) is 0 Å². The van der Waals surface area contributed by atoms with E-state index >= 15 is 0 Å². The molecule has 0 bridgehead atoms. The van der Waals surface area contributed by atoms with E-state index in [2.05, 4.69) is 10.3 Å². The number of nitrogens with zero attached hydrogens (tertiary/aromatic N) is 2. The molecular formula is C14H21N3O3S. The molecule has 1 saturated heterocycles. The second kappa shape index (κ2) is 7.40. The molecule has 1 aromatic rings. The van der Waals surface area contributed by atoms with Crippen molar-refractivity contribution in [1.29, 1.82) is 0 Å². The highest BCUT2D eigenvalue weighted by Crippen LogP contribution is 2.18. The van der Waals surface area contributed by atoms with Gasteiger partial charge in [-0.05, 0) is 33.1 Å². The number of piperidine rings is 1. The van der Waals surface area contributed by atoms with Crippen LogP contribution in [0, 0.1) is 0 Å². The van der Waals surface area contributed by atoms with Gasteiger partial charge in [0, 0.05) is 18.5 Å². The Labute approximate surface area is 128 Å². The molecule has 1 aliphatic rings. The molecule has 2 heterocycles. The predicted octanol–water partition coefficient (Wildman–Crippen LogP) is 2.13. The van der Waals surface area contributed by atoms with Crippen molar-refractivity contribution < 1.29 is 14.3 Å². The maximum atomic E-state index is 12.3. The Morgan fingerprint density at radius 1 is 1.43 bits per heavy atom. The quantitative estimate of drug-likeness (QED) is 0.844. The van der Waals surface area contributed by atoms with Gasteiger partial charge < -0.3 is 15.0 Å². The molecular weight excluding hydrogens is 290 g/mol. The molecule has 1 fully saturated rings. The third-order valence-electron chi connectivity index (χ3n) is 3.37. The number of carbonyl (C=O) groups is 2. The summed E-state index contributed by atoms with van der Waals surface area (Å²) >= 11 is 1.30. The zero-order valence-corrected chi connectivity index (χ0v) is 13.2. The Bertz CT molecular complexity index is 497. The number of likely N-dealkylation sites (tertiary alicyclic amines) is 1. The van der Waals surface area contributed by atoms with E-state index in [1.807, 2.05) is 11.8 Å². The lowest BCUT2D eigenvalue weighted by molar-refractivity contribution is -0.132. The summed E-state index contributed by atoms with van der Waals surface area (Å²) in [5.41, 5.74) is 0.280. The van der Waals surface area contributed by atoms with Crippen LogP contribution in [0.1, 0.15) is 43.6 Å². The molecule has 0 aliphatic carbocycles. The second-order valence-electron chi connectivity index (χ2n) is 5.01. The zero-order chi connectivity index (χ0) is 15.2. The van der Waals surface area contributed by atoms with Gasteiger partial charge >= 0.3 is 5.97 Å². The largest absolute Gasteiger partial charge is 0.461 e. The standard InChI is InChI=1S/C14H21N3O3S/c1-3-20-13(19)11-9-21-14(16-11)15-10(2)12(18)17-7-5-4-6-8-17/h9-10H,3-8H2,1-2H3,(H,15,16). The van der Waals surface area contributed by atoms with Crippen LogP contribution < -0.4 is 5.32 Å². The van der Waals surface area contributed by atoms with Crippen LogP contribution in [-0.4, -0.2) is 47.5 Å². The van der Waals surface area contributed by atoms with Gasteiger partial charge in [-0.2, -0.15) is 0 Å². The smallest absolute Gasteiger partial charge is 0.357 e. The van der Waals surface area contributed by atoms with Gasteiger partial charge in [0.15, 0.2) is 10.8 Å². The molecule has 0 radical (unpaired) electrons. The number of aromatic nitrogens is 1. The Hall–Kier alpha value is -1.63. The molecule has 0 saturated carbocycles. The number of anilines is 1. The maximum Gasteiger partial charge on any atom is 0.357 e. The van der Waals surface area contributed by atoms with Gasteiger partial charge in [0.2, 0.25) is 5.91 Å². The average Bonchev–Trinajstić information content (AvgIpc) is 2.96. The first-order valence-electron chi connectivity index (χ1n) is 7.29. The van der Waals surface area contributed by atoms with E-state index in [4.69, 9.17) is 4.74 Å². The van der Waals surface area contributed by atoms with Gasteiger partial charge in [-0.25, -0.2) is 9.78 Å². The summed E-state index contributed by atoms with van der Waals surface area (Å²) in [7, 11) is 0. The van der Waals surface area contributed by atoms with E-state index in [0.29, 0.717) is 11.7 Å². The first-order chi connectivity index (χ1) is 10.1. The van der Waals surface area contributed by atoms with Crippen LogP contribution in [0.4, 0.5) is 5.13 Å². The van der Waals surface area contributed by atoms with Crippen molar-refractivity contribution in [3.05, 3.63) is 11.1 Å². The zero-order valence-electron chi connectivity index (χ0n) is 12.4. The van der Waals surface area contributed by atoms with Gasteiger partial charge in [0.25, 0.3) is 0 Å². The van der Waals surface area contributed by atoms with Gasteiger partial charge in [-0.1, -0.05) is 0 Å². The van der Waals surface area contributed by atoms with Gasteiger partial charge in [0.1, 0.15) is 6.04 Å². The van der Waals surface area contributed by atoms with Crippen LogP contribution >= 0.6 is 11.3 Å². The number of esters is 1. The van der Waals surface area contributed by atoms with E-state index in [0.717, 1.165) is 25.9 Å². The first kappa shape index (κ1) is 15.8. The van der Waals surface area contributed by atoms with Crippen LogP contribution in [-0.2, 0) is 9.53 Å². The minimum atomic E-state index is -0.434. The molecule has 1 unspecified atom stereocenters. The molecule has 1 amide bonds. The van der Waals surface area contributed by atoms with Gasteiger partial charge in [-0.15, -0.1) is 11.3 Å².